The highest BCUT2D eigenvalue weighted by Crippen LogP contribution is 2.23. The molecule has 1 fully saturated rings. The van der Waals surface area contributed by atoms with Crippen LogP contribution in [0.5, 0.6) is 0 Å². The van der Waals surface area contributed by atoms with Crippen LogP contribution in [-0.2, 0) is 19.6 Å². The molecule has 1 aliphatic rings. The van der Waals surface area contributed by atoms with Crippen LogP contribution in [0.15, 0.2) is 0 Å². The normalized spacial score (nSPS) is 27.3. The van der Waals surface area contributed by atoms with Crippen LogP contribution in [0.1, 0.15) is 20.3 Å². The number of aliphatic carboxylic acids is 1. The Bertz CT molecular complexity index is 380. The molecular formula is C10H19NO5S. The standard InChI is InChI=1S/C10H19NO5S/c1-7(10(12)13)6-11(3)17(14,15)9-4-5-16-8(9)2/h7-9H,4-6H2,1-3H3,(H,12,13). The van der Waals surface area contributed by atoms with E-state index in [9.17, 15) is 13.2 Å². The van der Waals surface area contributed by atoms with Gasteiger partial charge in [-0.25, -0.2) is 12.7 Å². The van der Waals surface area contributed by atoms with E-state index in [0.29, 0.717) is 13.0 Å². The fraction of sp³-hybridized carbons (Fsp3) is 0.900. The summed E-state index contributed by atoms with van der Waals surface area (Å²) in [6, 6.07) is 0. The quantitative estimate of drug-likeness (QED) is 0.764. The molecule has 0 radical (unpaired) electrons. The third kappa shape index (κ3) is 3.17. The minimum absolute atomic E-state index is 0.0130. The van der Waals surface area contributed by atoms with E-state index in [1.807, 2.05) is 0 Å². The minimum Gasteiger partial charge on any atom is -0.481 e. The molecular weight excluding hydrogens is 246 g/mol. The lowest BCUT2D eigenvalue weighted by Crippen LogP contribution is -2.42. The summed E-state index contributed by atoms with van der Waals surface area (Å²) in [7, 11) is -2.06. The molecule has 1 rings (SSSR count). The van der Waals surface area contributed by atoms with E-state index in [1.54, 1.807) is 6.92 Å². The summed E-state index contributed by atoms with van der Waals surface area (Å²) in [5.41, 5.74) is 0. The molecule has 3 unspecified atom stereocenters. The Morgan fingerprint density at radius 3 is 2.59 bits per heavy atom. The number of ether oxygens (including phenoxy) is 1. The van der Waals surface area contributed by atoms with E-state index in [1.165, 1.54) is 14.0 Å². The van der Waals surface area contributed by atoms with Crippen LogP contribution in [0.25, 0.3) is 0 Å². The van der Waals surface area contributed by atoms with E-state index in [-0.39, 0.29) is 12.6 Å². The van der Waals surface area contributed by atoms with Crippen LogP contribution >= 0.6 is 0 Å². The number of rotatable bonds is 5. The fourth-order valence-electron chi connectivity index (χ4n) is 1.90. The van der Waals surface area contributed by atoms with Crippen LogP contribution in [0.2, 0.25) is 0 Å². The van der Waals surface area contributed by atoms with Crippen LogP contribution in [0, 0.1) is 5.92 Å². The Labute approximate surface area is 102 Å². The van der Waals surface area contributed by atoms with Gasteiger partial charge in [-0.2, -0.15) is 0 Å². The molecule has 0 bridgehead atoms. The van der Waals surface area contributed by atoms with Gasteiger partial charge in [0.1, 0.15) is 5.25 Å². The van der Waals surface area contributed by atoms with Gasteiger partial charge in [0, 0.05) is 20.2 Å². The molecule has 0 saturated carbocycles. The molecule has 0 aromatic heterocycles. The number of sulfonamides is 1. The second kappa shape index (κ2) is 5.32. The van der Waals surface area contributed by atoms with Crippen molar-refractivity contribution in [3.8, 4) is 0 Å². The maximum absolute atomic E-state index is 12.2. The van der Waals surface area contributed by atoms with Crippen molar-refractivity contribution in [1.29, 1.82) is 0 Å². The molecule has 6 nitrogen and oxygen atoms in total. The van der Waals surface area contributed by atoms with E-state index in [2.05, 4.69) is 0 Å². The topological polar surface area (TPSA) is 83.9 Å². The van der Waals surface area contributed by atoms with Gasteiger partial charge < -0.3 is 9.84 Å². The highest BCUT2D eigenvalue weighted by atomic mass is 32.2. The van der Waals surface area contributed by atoms with Gasteiger partial charge in [0.25, 0.3) is 0 Å². The molecule has 0 aliphatic carbocycles. The van der Waals surface area contributed by atoms with E-state index in [0.717, 1.165) is 4.31 Å². The summed E-state index contributed by atoms with van der Waals surface area (Å²) in [5.74, 6) is -1.71. The van der Waals surface area contributed by atoms with Crippen LogP contribution in [0.4, 0.5) is 0 Å². The van der Waals surface area contributed by atoms with Gasteiger partial charge in [-0.3, -0.25) is 4.79 Å². The third-order valence-electron chi connectivity index (χ3n) is 3.08. The first-order valence-corrected chi connectivity index (χ1v) is 7.06. The van der Waals surface area contributed by atoms with Crippen LogP contribution in [0.3, 0.4) is 0 Å². The molecule has 1 aliphatic heterocycles. The maximum Gasteiger partial charge on any atom is 0.307 e. The first-order valence-electron chi connectivity index (χ1n) is 5.56. The van der Waals surface area contributed by atoms with Crippen molar-refractivity contribution in [3.63, 3.8) is 0 Å². The number of carboxylic acid groups (broad SMARTS) is 1. The third-order valence-corrected chi connectivity index (χ3v) is 5.48. The molecule has 17 heavy (non-hydrogen) atoms. The number of hydrogen-bond acceptors (Lipinski definition) is 4. The summed E-state index contributed by atoms with van der Waals surface area (Å²) in [6.07, 6.45) is 0.137. The number of nitrogens with zero attached hydrogens (tertiary/aromatic N) is 1. The molecule has 7 heteroatoms. The Morgan fingerprint density at radius 1 is 1.59 bits per heavy atom. The number of carboxylic acids is 1. The molecule has 100 valence electrons. The summed E-state index contributed by atoms with van der Waals surface area (Å²) in [5, 5.41) is 8.21. The Hall–Kier alpha value is -0.660. The zero-order valence-electron chi connectivity index (χ0n) is 10.3. The zero-order chi connectivity index (χ0) is 13.2. The Balaban J connectivity index is 2.73. The molecule has 0 amide bonds. The lowest BCUT2D eigenvalue weighted by atomic mass is 10.2. The summed E-state index contributed by atoms with van der Waals surface area (Å²) in [4.78, 5) is 10.7. The maximum atomic E-state index is 12.2. The predicted molar refractivity (Wildman–Crippen MR) is 62.2 cm³/mol. The van der Waals surface area contributed by atoms with Gasteiger partial charge >= 0.3 is 5.97 Å². The van der Waals surface area contributed by atoms with Gasteiger partial charge in [0.15, 0.2) is 0 Å². The first kappa shape index (κ1) is 14.4. The molecule has 1 heterocycles. The Kier molecular flexibility index (Phi) is 4.51. The second-order valence-electron chi connectivity index (χ2n) is 4.47. The molecule has 0 spiro atoms. The van der Waals surface area contributed by atoms with Gasteiger partial charge in [0.2, 0.25) is 10.0 Å². The molecule has 3 atom stereocenters. The van der Waals surface area contributed by atoms with Gasteiger partial charge in [-0.05, 0) is 13.3 Å². The second-order valence-corrected chi connectivity index (χ2v) is 6.73. The molecule has 1 saturated heterocycles. The lowest BCUT2D eigenvalue weighted by molar-refractivity contribution is -0.141. The fourth-order valence-corrected chi connectivity index (χ4v) is 3.75. The lowest BCUT2D eigenvalue weighted by Gasteiger charge is -2.24. The van der Waals surface area contributed by atoms with Crippen molar-refractivity contribution in [1.82, 2.24) is 4.31 Å². The van der Waals surface area contributed by atoms with Crippen molar-refractivity contribution in [2.75, 3.05) is 20.2 Å². The van der Waals surface area contributed by atoms with Crippen molar-refractivity contribution in [2.45, 2.75) is 31.6 Å². The smallest absolute Gasteiger partial charge is 0.307 e. The van der Waals surface area contributed by atoms with E-state index < -0.39 is 27.2 Å². The summed E-state index contributed by atoms with van der Waals surface area (Å²) >= 11 is 0. The summed E-state index contributed by atoms with van der Waals surface area (Å²) in [6.45, 7) is 3.64. The monoisotopic (exact) mass is 265 g/mol. The average Bonchev–Trinajstić information content (AvgIpc) is 2.64. The van der Waals surface area contributed by atoms with Crippen LogP contribution < -0.4 is 0 Å². The molecule has 1 N–H and O–H groups in total. The van der Waals surface area contributed by atoms with Gasteiger partial charge in [0.05, 0.1) is 12.0 Å². The first-order chi connectivity index (χ1) is 7.76. The van der Waals surface area contributed by atoms with Gasteiger partial charge in [-0.15, -0.1) is 0 Å². The SMILES string of the molecule is CC(CN(C)S(=O)(=O)C1CCOC1C)C(=O)O. The molecule has 0 aromatic rings. The van der Waals surface area contributed by atoms with E-state index in [4.69, 9.17) is 9.84 Å². The minimum atomic E-state index is -3.47. The highest BCUT2D eigenvalue weighted by molar-refractivity contribution is 7.89. The van der Waals surface area contributed by atoms with Crippen molar-refractivity contribution in [2.24, 2.45) is 5.92 Å². The van der Waals surface area contributed by atoms with Crippen molar-refractivity contribution in [3.05, 3.63) is 0 Å². The Morgan fingerprint density at radius 2 is 2.18 bits per heavy atom. The highest BCUT2D eigenvalue weighted by Gasteiger charge is 2.38. The largest absolute Gasteiger partial charge is 0.481 e. The van der Waals surface area contributed by atoms with E-state index >= 15 is 0 Å². The number of carbonyl (C=O) groups is 1. The van der Waals surface area contributed by atoms with Gasteiger partial charge in [-0.1, -0.05) is 6.92 Å². The van der Waals surface area contributed by atoms with Crippen molar-refractivity contribution < 1.29 is 23.1 Å². The predicted octanol–water partition coefficient (Wildman–Crippen LogP) is 0.146. The van der Waals surface area contributed by atoms with Crippen LogP contribution in [-0.4, -0.2) is 55.4 Å². The number of hydrogen-bond donors (Lipinski definition) is 1. The molecule has 0 aromatic carbocycles. The van der Waals surface area contributed by atoms with Crippen molar-refractivity contribution >= 4 is 16.0 Å². The zero-order valence-corrected chi connectivity index (χ0v) is 11.1. The average molecular weight is 265 g/mol. The summed E-state index contributed by atoms with van der Waals surface area (Å²) < 4.78 is 30.7.